The lowest BCUT2D eigenvalue weighted by atomic mass is 9.82. The number of likely N-dealkylation sites (tertiary alicyclic amines) is 1. The molecular formula is C23H41N3O2. The molecule has 1 saturated heterocycles. The quantitative estimate of drug-likeness (QED) is 0.674. The molecule has 2 heterocycles. The zero-order valence-electron chi connectivity index (χ0n) is 18.7. The van der Waals surface area contributed by atoms with Gasteiger partial charge in [-0.25, -0.2) is 0 Å². The van der Waals surface area contributed by atoms with E-state index in [9.17, 15) is 9.59 Å². The molecule has 28 heavy (non-hydrogen) atoms. The number of rotatable bonds is 4. The molecule has 0 bridgehead atoms. The summed E-state index contributed by atoms with van der Waals surface area (Å²) in [4.78, 5) is 25.5. The van der Waals surface area contributed by atoms with E-state index < -0.39 is 0 Å². The summed E-state index contributed by atoms with van der Waals surface area (Å²) in [6.45, 7) is 12.1. The van der Waals surface area contributed by atoms with Crippen molar-refractivity contribution < 1.29 is 9.59 Å². The Hall–Kier alpha value is -1.65. The summed E-state index contributed by atoms with van der Waals surface area (Å²) in [7, 11) is 0. The standard InChI is InChI=1S/C18H27N3O2.C3H8.C2H6/c1-2-14-11-19-21(12-14)17-7-9-20(10-8-17)18(23)16-5-3-15(13-22)4-6-16;1-3-2;1-2/h11-13,15-17H,2-10H2,1H3;3H2,1-2H3;1-2H3. The Balaban J connectivity index is 0.000000717. The van der Waals surface area contributed by atoms with E-state index in [-0.39, 0.29) is 11.8 Å². The van der Waals surface area contributed by atoms with Crippen molar-refractivity contribution >= 4 is 12.2 Å². The molecule has 2 aliphatic rings. The number of carbonyl (C=O) groups is 2. The smallest absolute Gasteiger partial charge is 0.225 e. The summed E-state index contributed by atoms with van der Waals surface area (Å²) in [5.74, 6) is 0.624. The van der Waals surface area contributed by atoms with Gasteiger partial charge in [-0.1, -0.05) is 41.0 Å². The lowest BCUT2D eigenvalue weighted by Crippen LogP contribution is -2.43. The van der Waals surface area contributed by atoms with Crippen molar-refractivity contribution in [1.82, 2.24) is 14.7 Å². The Labute approximate surface area is 171 Å². The van der Waals surface area contributed by atoms with Gasteiger partial charge in [0, 0.05) is 31.1 Å². The van der Waals surface area contributed by atoms with Gasteiger partial charge in [0.05, 0.1) is 12.2 Å². The molecule has 0 unspecified atom stereocenters. The minimum atomic E-state index is 0.138. The molecule has 5 heteroatoms. The van der Waals surface area contributed by atoms with Crippen molar-refractivity contribution in [3.05, 3.63) is 18.0 Å². The summed E-state index contributed by atoms with van der Waals surface area (Å²) in [6.07, 6.45) is 12.9. The van der Waals surface area contributed by atoms with Crippen molar-refractivity contribution in [1.29, 1.82) is 0 Å². The van der Waals surface area contributed by atoms with Crippen molar-refractivity contribution in [2.75, 3.05) is 13.1 Å². The first kappa shape index (κ1) is 24.4. The summed E-state index contributed by atoms with van der Waals surface area (Å²) >= 11 is 0. The summed E-state index contributed by atoms with van der Waals surface area (Å²) in [5, 5.41) is 4.47. The van der Waals surface area contributed by atoms with Crippen LogP contribution in [0.4, 0.5) is 0 Å². The van der Waals surface area contributed by atoms with Gasteiger partial charge in [-0.2, -0.15) is 5.10 Å². The molecule has 0 spiro atoms. The highest BCUT2D eigenvalue weighted by Gasteiger charge is 2.31. The number of carbonyl (C=O) groups excluding carboxylic acids is 2. The first-order valence-electron chi connectivity index (χ1n) is 11.4. The zero-order valence-corrected chi connectivity index (χ0v) is 18.7. The predicted molar refractivity (Wildman–Crippen MR) is 115 cm³/mol. The maximum absolute atomic E-state index is 12.7. The second-order valence-corrected chi connectivity index (χ2v) is 7.69. The van der Waals surface area contributed by atoms with Crippen LogP contribution in [0.1, 0.15) is 91.2 Å². The molecular weight excluding hydrogens is 350 g/mol. The number of aldehydes is 1. The van der Waals surface area contributed by atoms with Crippen LogP contribution >= 0.6 is 0 Å². The summed E-state index contributed by atoms with van der Waals surface area (Å²) in [6, 6.07) is 0.421. The fraction of sp³-hybridized carbons (Fsp3) is 0.783. The van der Waals surface area contributed by atoms with E-state index in [4.69, 9.17) is 0 Å². The van der Waals surface area contributed by atoms with Crippen LogP contribution in [0.5, 0.6) is 0 Å². The molecule has 2 fully saturated rings. The van der Waals surface area contributed by atoms with E-state index in [1.54, 1.807) is 0 Å². The highest BCUT2D eigenvalue weighted by atomic mass is 16.2. The number of hydrogen-bond donors (Lipinski definition) is 0. The molecule has 1 aromatic rings. The van der Waals surface area contributed by atoms with Crippen LogP contribution in [0.2, 0.25) is 0 Å². The van der Waals surface area contributed by atoms with Crippen LogP contribution < -0.4 is 0 Å². The molecule has 1 saturated carbocycles. The lowest BCUT2D eigenvalue weighted by molar-refractivity contribution is -0.138. The molecule has 0 atom stereocenters. The van der Waals surface area contributed by atoms with Gasteiger partial charge in [0.1, 0.15) is 6.29 Å². The number of hydrogen-bond acceptors (Lipinski definition) is 3. The Bertz CT molecular complexity index is 554. The van der Waals surface area contributed by atoms with E-state index in [0.29, 0.717) is 11.9 Å². The average molecular weight is 392 g/mol. The Kier molecular flexibility index (Phi) is 11.8. The normalized spacial score (nSPS) is 22.4. The highest BCUT2D eigenvalue weighted by Crippen LogP contribution is 2.31. The number of aromatic nitrogens is 2. The van der Waals surface area contributed by atoms with Gasteiger partial charge in [-0.3, -0.25) is 9.48 Å². The second kappa shape index (κ2) is 13.5. The number of piperidine rings is 1. The SMILES string of the molecule is CC.CCC.CCc1cnn(C2CCN(C(=O)C3CCC(C=O)CC3)CC2)c1. The van der Waals surface area contributed by atoms with Gasteiger partial charge in [-0.15, -0.1) is 0 Å². The van der Waals surface area contributed by atoms with Gasteiger partial charge in [0.15, 0.2) is 0 Å². The third kappa shape index (κ3) is 7.06. The van der Waals surface area contributed by atoms with Crippen LogP contribution in [-0.2, 0) is 16.0 Å². The van der Waals surface area contributed by atoms with Crippen LogP contribution in [-0.4, -0.2) is 40.0 Å². The van der Waals surface area contributed by atoms with Crippen LogP contribution in [0, 0.1) is 11.8 Å². The number of aryl methyl sites for hydroxylation is 1. The monoisotopic (exact) mass is 391 g/mol. The largest absolute Gasteiger partial charge is 0.342 e. The van der Waals surface area contributed by atoms with Gasteiger partial charge >= 0.3 is 0 Å². The minimum Gasteiger partial charge on any atom is -0.342 e. The fourth-order valence-electron chi connectivity index (χ4n) is 3.87. The van der Waals surface area contributed by atoms with Gasteiger partial charge in [0.2, 0.25) is 5.91 Å². The topological polar surface area (TPSA) is 55.2 Å². The molecule has 0 N–H and O–H groups in total. The number of nitrogens with zero attached hydrogens (tertiary/aromatic N) is 3. The van der Waals surface area contributed by atoms with Crippen molar-refractivity contribution in [2.24, 2.45) is 11.8 Å². The van der Waals surface area contributed by atoms with Gasteiger partial charge < -0.3 is 9.69 Å². The Morgan fingerprint density at radius 3 is 2.11 bits per heavy atom. The molecule has 0 aromatic carbocycles. The summed E-state index contributed by atoms with van der Waals surface area (Å²) < 4.78 is 2.08. The van der Waals surface area contributed by atoms with Gasteiger partial charge in [0.25, 0.3) is 0 Å². The molecule has 5 nitrogen and oxygen atoms in total. The van der Waals surface area contributed by atoms with Crippen LogP contribution in [0.3, 0.4) is 0 Å². The third-order valence-electron chi connectivity index (χ3n) is 5.53. The minimum absolute atomic E-state index is 0.138. The highest BCUT2D eigenvalue weighted by molar-refractivity contribution is 5.79. The molecule has 1 aliphatic heterocycles. The summed E-state index contributed by atoms with van der Waals surface area (Å²) in [5.41, 5.74) is 1.27. The van der Waals surface area contributed by atoms with Gasteiger partial charge in [-0.05, 0) is 50.5 Å². The third-order valence-corrected chi connectivity index (χ3v) is 5.53. The molecule has 0 radical (unpaired) electrons. The fourth-order valence-corrected chi connectivity index (χ4v) is 3.87. The maximum Gasteiger partial charge on any atom is 0.225 e. The Morgan fingerprint density at radius 2 is 1.64 bits per heavy atom. The second-order valence-electron chi connectivity index (χ2n) is 7.69. The van der Waals surface area contributed by atoms with Crippen LogP contribution in [0.15, 0.2) is 12.4 Å². The molecule has 1 amide bonds. The number of amides is 1. The van der Waals surface area contributed by atoms with E-state index in [0.717, 1.165) is 64.3 Å². The first-order valence-corrected chi connectivity index (χ1v) is 11.4. The van der Waals surface area contributed by atoms with Crippen molar-refractivity contribution in [3.8, 4) is 0 Å². The molecule has 3 rings (SSSR count). The van der Waals surface area contributed by atoms with E-state index >= 15 is 0 Å². The maximum atomic E-state index is 12.7. The van der Waals surface area contributed by atoms with E-state index in [2.05, 4.69) is 36.7 Å². The van der Waals surface area contributed by atoms with Crippen molar-refractivity contribution in [2.45, 2.75) is 92.0 Å². The molecule has 160 valence electrons. The molecule has 1 aliphatic carbocycles. The average Bonchev–Trinajstić information content (AvgIpc) is 3.25. The molecule has 1 aromatic heterocycles. The lowest BCUT2D eigenvalue weighted by Gasteiger charge is -2.35. The van der Waals surface area contributed by atoms with Crippen LogP contribution in [0.25, 0.3) is 0 Å². The van der Waals surface area contributed by atoms with E-state index in [1.807, 2.05) is 24.9 Å². The van der Waals surface area contributed by atoms with Crippen molar-refractivity contribution in [3.63, 3.8) is 0 Å². The Morgan fingerprint density at radius 1 is 1.07 bits per heavy atom. The predicted octanol–water partition coefficient (Wildman–Crippen LogP) is 5.06. The first-order chi connectivity index (χ1) is 13.6. The van der Waals surface area contributed by atoms with E-state index in [1.165, 1.54) is 12.0 Å². The zero-order chi connectivity index (χ0) is 20.9.